The van der Waals surface area contributed by atoms with E-state index in [2.05, 4.69) is 5.32 Å². The highest BCUT2D eigenvalue weighted by Crippen LogP contribution is 2.21. The van der Waals surface area contributed by atoms with Gasteiger partial charge in [0.15, 0.2) is 0 Å². The van der Waals surface area contributed by atoms with Crippen molar-refractivity contribution in [1.29, 1.82) is 0 Å². The quantitative estimate of drug-likeness (QED) is 0.363. The molecule has 8 nitrogen and oxygen atoms in total. The smallest absolute Gasteiger partial charge is 0.243 e. The van der Waals surface area contributed by atoms with Gasteiger partial charge in [0.25, 0.3) is 0 Å². The molecule has 0 aliphatic carbocycles. The summed E-state index contributed by atoms with van der Waals surface area (Å²) < 4.78 is 55.2. The highest BCUT2D eigenvalue weighted by molar-refractivity contribution is 7.89. The van der Waals surface area contributed by atoms with Gasteiger partial charge in [0.2, 0.25) is 26.0 Å². The second kappa shape index (κ2) is 13.1. The Morgan fingerprint density at radius 3 is 2.05 bits per heavy atom. The van der Waals surface area contributed by atoms with Crippen molar-refractivity contribution < 1.29 is 21.6 Å². The normalized spacial score (nSPS) is 14.8. The molecule has 0 atom stereocenters. The fourth-order valence-corrected chi connectivity index (χ4v) is 7.43. The second-order valence-electron chi connectivity index (χ2n) is 9.41. The van der Waals surface area contributed by atoms with Crippen molar-refractivity contribution in [3.63, 3.8) is 0 Å². The van der Waals surface area contributed by atoms with Crippen molar-refractivity contribution >= 4 is 37.6 Å². The molecule has 1 amide bonds. The number of benzene rings is 3. The molecule has 0 saturated carbocycles. The van der Waals surface area contributed by atoms with Gasteiger partial charge in [-0.2, -0.15) is 8.61 Å². The SMILES string of the molecule is O=C(CN(CCc1ccccc1)S(=O)(=O)c1ccc(Cl)cc1)NCc1ccc(S(=O)(=O)N2CCCCC2)cc1. The molecule has 4 rings (SSSR count). The van der Waals surface area contributed by atoms with Crippen molar-refractivity contribution in [3.8, 4) is 0 Å². The third kappa shape index (κ3) is 7.67. The predicted octanol–water partition coefficient (Wildman–Crippen LogP) is 4.06. The van der Waals surface area contributed by atoms with Crippen LogP contribution in [0.3, 0.4) is 0 Å². The molecule has 1 N–H and O–H groups in total. The fourth-order valence-electron chi connectivity index (χ4n) is 4.39. The minimum atomic E-state index is -3.96. The molecule has 0 unspecified atom stereocenters. The number of halogens is 1. The summed E-state index contributed by atoms with van der Waals surface area (Å²) in [5.74, 6) is -0.467. The molecule has 0 spiro atoms. The Bertz CT molecular complexity index is 1460. The maximum atomic E-state index is 13.4. The minimum absolute atomic E-state index is 0.0539. The van der Waals surface area contributed by atoms with Crippen molar-refractivity contribution in [2.75, 3.05) is 26.2 Å². The fraction of sp³-hybridized carbons (Fsp3) is 0.321. The van der Waals surface area contributed by atoms with Crippen molar-refractivity contribution in [2.24, 2.45) is 0 Å². The van der Waals surface area contributed by atoms with Crippen LogP contribution in [0.5, 0.6) is 0 Å². The zero-order valence-electron chi connectivity index (χ0n) is 21.5. The summed E-state index contributed by atoms with van der Waals surface area (Å²) in [6.07, 6.45) is 3.20. The first-order chi connectivity index (χ1) is 18.7. The summed E-state index contributed by atoms with van der Waals surface area (Å²) in [6, 6.07) is 21.7. The molecule has 0 bridgehead atoms. The van der Waals surface area contributed by atoms with Gasteiger partial charge >= 0.3 is 0 Å². The molecular formula is C28H32ClN3O5S2. The number of hydrogen-bond acceptors (Lipinski definition) is 5. The number of rotatable bonds is 11. The number of carbonyl (C=O) groups is 1. The average Bonchev–Trinajstić information content (AvgIpc) is 2.95. The van der Waals surface area contributed by atoms with Crippen LogP contribution in [0.4, 0.5) is 0 Å². The third-order valence-corrected chi connectivity index (χ3v) is 10.7. The van der Waals surface area contributed by atoms with Crippen LogP contribution in [0.25, 0.3) is 0 Å². The van der Waals surface area contributed by atoms with Crippen LogP contribution in [0.15, 0.2) is 88.7 Å². The highest BCUT2D eigenvalue weighted by Gasteiger charge is 2.27. The molecule has 1 aliphatic rings. The van der Waals surface area contributed by atoms with Gasteiger partial charge < -0.3 is 5.32 Å². The number of sulfonamides is 2. The van der Waals surface area contributed by atoms with Crippen LogP contribution < -0.4 is 5.32 Å². The number of carbonyl (C=O) groups excluding carboxylic acids is 1. The Balaban J connectivity index is 1.41. The Morgan fingerprint density at radius 2 is 1.41 bits per heavy atom. The Hall–Kier alpha value is -2.76. The second-order valence-corrected chi connectivity index (χ2v) is 13.7. The van der Waals surface area contributed by atoms with Crippen molar-refractivity contribution in [2.45, 2.75) is 42.0 Å². The van der Waals surface area contributed by atoms with Gasteiger partial charge in [-0.1, -0.05) is 60.5 Å². The molecule has 208 valence electrons. The zero-order valence-corrected chi connectivity index (χ0v) is 23.9. The number of hydrogen-bond donors (Lipinski definition) is 1. The van der Waals surface area contributed by atoms with Crippen LogP contribution in [0.1, 0.15) is 30.4 Å². The van der Waals surface area contributed by atoms with E-state index < -0.39 is 26.0 Å². The monoisotopic (exact) mass is 589 g/mol. The number of amides is 1. The lowest BCUT2D eigenvalue weighted by Crippen LogP contribution is -2.41. The van der Waals surface area contributed by atoms with Gasteiger partial charge in [-0.05, 0) is 66.8 Å². The molecule has 39 heavy (non-hydrogen) atoms. The van der Waals surface area contributed by atoms with Crippen LogP contribution in [0.2, 0.25) is 5.02 Å². The van der Waals surface area contributed by atoms with E-state index in [9.17, 15) is 21.6 Å². The van der Waals surface area contributed by atoms with Gasteiger partial charge in [0.1, 0.15) is 0 Å². The summed E-state index contributed by atoms with van der Waals surface area (Å²) in [4.78, 5) is 13.1. The van der Waals surface area contributed by atoms with E-state index in [1.54, 1.807) is 24.3 Å². The summed E-state index contributed by atoms with van der Waals surface area (Å²) in [5.41, 5.74) is 1.66. The van der Waals surface area contributed by atoms with Crippen molar-refractivity contribution in [1.82, 2.24) is 13.9 Å². The van der Waals surface area contributed by atoms with Gasteiger partial charge in [-0.3, -0.25) is 4.79 Å². The lowest BCUT2D eigenvalue weighted by Gasteiger charge is -2.25. The molecule has 1 aliphatic heterocycles. The maximum absolute atomic E-state index is 13.4. The van der Waals surface area contributed by atoms with Crippen LogP contribution in [-0.2, 0) is 37.8 Å². The molecule has 3 aromatic rings. The van der Waals surface area contributed by atoms with E-state index in [1.807, 2.05) is 30.3 Å². The lowest BCUT2D eigenvalue weighted by molar-refractivity contribution is -0.121. The number of piperidine rings is 1. The summed E-state index contributed by atoms with van der Waals surface area (Å²) in [7, 11) is -7.49. The summed E-state index contributed by atoms with van der Waals surface area (Å²) >= 11 is 5.93. The zero-order chi connectivity index (χ0) is 27.9. The van der Waals surface area contributed by atoms with E-state index in [1.165, 1.54) is 28.6 Å². The van der Waals surface area contributed by atoms with Crippen LogP contribution in [0, 0.1) is 0 Å². The molecule has 1 fully saturated rings. The Kier molecular flexibility index (Phi) is 9.79. The molecule has 1 saturated heterocycles. The van der Waals surface area contributed by atoms with Crippen LogP contribution in [-0.4, -0.2) is 57.5 Å². The van der Waals surface area contributed by atoms with Gasteiger partial charge in [-0.15, -0.1) is 0 Å². The number of nitrogens with zero attached hydrogens (tertiary/aromatic N) is 2. The lowest BCUT2D eigenvalue weighted by atomic mass is 10.1. The van der Waals surface area contributed by atoms with Crippen LogP contribution >= 0.6 is 11.6 Å². The topological polar surface area (TPSA) is 104 Å². The molecule has 1 heterocycles. The van der Waals surface area contributed by atoms with Gasteiger partial charge in [0, 0.05) is 31.2 Å². The molecule has 0 aromatic heterocycles. The summed E-state index contributed by atoms with van der Waals surface area (Å²) in [6.45, 7) is 0.945. The molecule has 3 aromatic carbocycles. The largest absolute Gasteiger partial charge is 0.351 e. The number of nitrogens with one attached hydrogen (secondary N) is 1. The third-order valence-electron chi connectivity index (χ3n) is 6.63. The molecule has 11 heteroatoms. The first-order valence-electron chi connectivity index (χ1n) is 12.8. The summed E-state index contributed by atoms with van der Waals surface area (Å²) in [5, 5.41) is 3.17. The maximum Gasteiger partial charge on any atom is 0.243 e. The predicted molar refractivity (Wildman–Crippen MR) is 151 cm³/mol. The van der Waals surface area contributed by atoms with E-state index in [-0.39, 0.29) is 29.4 Å². The standard InChI is InChI=1S/C28H32ClN3O5S2/c29-25-11-15-27(16-12-25)39(36,37)32(20-17-23-7-3-1-4-8-23)22-28(33)30-21-24-9-13-26(14-10-24)38(34,35)31-18-5-2-6-19-31/h1,3-4,7-16H,2,5-6,17-22H2,(H,30,33). The van der Waals surface area contributed by atoms with E-state index in [4.69, 9.17) is 11.6 Å². The minimum Gasteiger partial charge on any atom is -0.351 e. The van der Waals surface area contributed by atoms with Gasteiger partial charge in [0.05, 0.1) is 16.3 Å². The van der Waals surface area contributed by atoms with E-state index >= 15 is 0 Å². The van der Waals surface area contributed by atoms with E-state index in [0.717, 1.165) is 29.1 Å². The first kappa shape index (κ1) is 29.2. The highest BCUT2D eigenvalue weighted by atomic mass is 35.5. The molecule has 0 radical (unpaired) electrons. The average molecular weight is 590 g/mol. The Labute approximate surface area is 235 Å². The van der Waals surface area contributed by atoms with E-state index in [0.29, 0.717) is 30.1 Å². The van der Waals surface area contributed by atoms with Gasteiger partial charge in [-0.25, -0.2) is 16.8 Å². The molecular weight excluding hydrogens is 558 g/mol. The first-order valence-corrected chi connectivity index (χ1v) is 16.1. The Morgan fingerprint density at radius 1 is 0.795 bits per heavy atom. The van der Waals surface area contributed by atoms with Crippen molar-refractivity contribution in [3.05, 3.63) is 95.0 Å².